The molecule has 1 unspecified atom stereocenters. The molecule has 3 rings (SSSR count). The van der Waals surface area contributed by atoms with Gasteiger partial charge >= 0.3 is 12.3 Å². The van der Waals surface area contributed by atoms with Crippen molar-refractivity contribution in [1.82, 2.24) is 0 Å². The molecular weight excluding hydrogens is 480 g/mol. The van der Waals surface area contributed by atoms with E-state index in [-0.39, 0.29) is 5.56 Å². The molecule has 9 heteroatoms. The predicted molar refractivity (Wildman–Crippen MR) is 115 cm³/mol. The van der Waals surface area contributed by atoms with Gasteiger partial charge in [-0.25, -0.2) is 13.2 Å². The lowest BCUT2D eigenvalue weighted by Crippen LogP contribution is -2.46. The van der Waals surface area contributed by atoms with Crippen LogP contribution in [-0.4, -0.2) is 18.5 Å². The van der Waals surface area contributed by atoms with Crippen molar-refractivity contribution in [2.24, 2.45) is 5.92 Å². The second-order valence-corrected chi connectivity index (χ2v) is 8.72. The van der Waals surface area contributed by atoms with Crippen LogP contribution in [0.25, 0.3) is 0 Å². The minimum Gasteiger partial charge on any atom is -0.424 e. The van der Waals surface area contributed by atoms with Crippen LogP contribution in [0.2, 0.25) is 0 Å². The number of ether oxygens (including phenoxy) is 1. The summed E-state index contributed by atoms with van der Waals surface area (Å²) in [4.78, 5) is 0. The Morgan fingerprint density at radius 1 is 0.886 bits per heavy atom. The first-order chi connectivity index (χ1) is 16.4. The molecule has 35 heavy (non-hydrogen) atoms. The molecule has 1 fully saturated rings. The Morgan fingerprint density at radius 3 is 1.94 bits per heavy atom. The fourth-order valence-corrected chi connectivity index (χ4v) is 4.28. The molecule has 2 aromatic carbocycles. The predicted octanol–water partition coefficient (Wildman–Crippen LogP) is 8.31. The van der Waals surface area contributed by atoms with Gasteiger partial charge in [0.05, 0.1) is 0 Å². The Bertz CT molecular complexity index is 1030. The van der Waals surface area contributed by atoms with Gasteiger partial charge in [0.25, 0.3) is 6.17 Å². The SMILES string of the molecule is CCCC1CCC(c2ccc(C#Cc3cc(F)c(OC(F)(F)C(F)C(F)(F)F)c(F)c3)cc2)CC1. The molecule has 0 aromatic heterocycles. The zero-order chi connectivity index (χ0) is 25.8. The molecule has 0 spiro atoms. The first-order valence-corrected chi connectivity index (χ1v) is 11.3. The third kappa shape index (κ3) is 6.89. The standard InChI is InChI=1S/C26H24F8O/c1-2-3-16-6-10-19(11-7-16)20-12-8-17(9-13-20)4-5-18-14-21(27)23(22(28)15-18)35-26(33,34)24(29)25(30,31)32/h8-9,12-16,19,24H,2-3,6-7,10-11H2,1H3. The first kappa shape index (κ1) is 26.8. The fourth-order valence-electron chi connectivity index (χ4n) is 4.28. The van der Waals surface area contributed by atoms with E-state index in [9.17, 15) is 35.1 Å². The summed E-state index contributed by atoms with van der Waals surface area (Å²) in [6.07, 6.45) is -9.19. The van der Waals surface area contributed by atoms with Crippen LogP contribution in [0, 0.1) is 29.4 Å². The Morgan fingerprint density at radius 2 is 1.43 bits per heavy atom. The average molecular weight is 504 g/mol. The van der Waals surface area contributed by atoms with Gasteiger partial charge in [-0.2, -0.15) is 22.0 Å². The summed E-state index contributed by atoms with van der Waals surface area (Å²) in [6.45, 7) is 2.19. The quantitative estimate of drug-likeness (QED) is 0.284. The van der Waals surface area contributed by atoms with Crippen molar-refractivity contribution >= 4 is 0 Å². The topological polar surface area (TPSA) is 9.23 Å². The highest BCUT2D eigenvalue weighted by Crippen LogP contribution is 2.39. The maximum Gasteiger partial charge on any atom is 0.439 e. The molecular formula is C26H24F8O. The molecule has 1 nitrogen and oxygen atoms in total. The Hall–Kier alpha value is -2.76. The van der Waals surface area contributed by atoms with E-state index in [1.807, 2.05) is 12.1 Å². The van der Waals surface area contributed by atoms with Crippen molar-refractivity contribution in [3.05, 3.63) is 64.7 Å². The summed E-state index contributed by atoms with van der Waals surface area (Å²) in [7, 11) is 0. The van der Waals surface area contributed by atoms with Crippen molar-refractivity contribution in [3.8, 4) is 17.6 Å². The van der Waals surface area contributed by atoms with Crippen LogP contribution < -0.4 is 4.74 Å². The van der Waals surface area contributed by atoms with Gasteiger partial charge in [-0.15, -0.1) is 0 Å². The Kier molecular flexibility index (Phi) is 8.34. The summed E-state index contributed by atoms with van der Waals surface area (Å²) in [5, 5.41) is 0. The van der Waals surface area contributed by atoms with E-state index in [1.165, 1.54) is 31.2 Å². The van der Waals surface area contributed by atoms with E-state index in [1.54, 1.807) is 12.1 Å². The largest absolute Gasteiger partial charge is 0.439 e. The van der Waals surface area contributed by atoms with Gasteiger partial charge in [-0.3, -0.25) is 0 Å². The van der Waals surface area contributed by atoms with Crippen LogP contribution in [0.3, 0.4) is 0 Å². The number of alkyl halides is 6. The number of hydrogen-bond donors (Lipinski definition) is 0. The van der Waals surface area contributed by atoms with Crippen molar-refractivity contribution in [2.75, 3.05) is 0 Å². The maximum atomic E-state index is 14.1. The molecule has 0 bridgehead atoms. The lowest BCUT2D eigenvalue weighted by Gasteiger charge is -2.28. The molecule has 2 aromatic rings. The molecule has 1 atom stereocenters. The lowest BCUT2D eigenvalue weighted by molar-refractivity contribution is -0.306. The van der Waals surface area contributed by atoms with Crippen molar-refractivity contribution in [1.29, 1.82) is 0 Å². The lowest BCUT2D eigenvalue weighted by atomic mass is 9.77. The van der Waals surface area contributed by atoms with Crippen LogP contribution in [0.1, 0.15) is 68.1 Å². The van der Waals surface area contributed by atoms with Gasteiger partial charge in [-0.1, -0.05) is 43.7 Å². The van der Waals surface area contributed by atoms with Gasteiger partial charge in [-0.05, 0) is 67.3 Å². The minimum atomic E-state index is -5.98. The molecule has 1 saturated carbocycles. The van der Waals surface area contributed by atoms with Gasteiger partial charge in [0.2, 0.25) is 0 Å². The van der Waals surface area contributed by atoms with Crippen LogP contribution in [0.5, 0.6) is 5.75 Å². The van der Waals surface area contributed by atoms with E-state index >= 15 is 0 Å². The highest BCUT2D eigenvalue weighted by molar-refractivity contribution is 5.46. The minimum absolute atomic E-state index is 0.262. The zero-order valence-corrected chi connectivity index (χ0v) is 18.9. The smallest absolute Gasteiger partial charge is 0.424 e. The maximum absolute atomic E-state index is 14.1. The highest BCUT2D eigenvalue weighted by atomic mass is 19.4. The highest BCUT2D eigenvalue weighted by Gasteiger charge is 2.59. The zero-order valence-electron chi connectivity index (χ0n) is 18.9. The van der Waals surface area contributed by atoms with Gasteiger partial charge in [0, 0.05) is 11.1 Å². The van der Waals surface area contributed by atoms with Crippen molar-refractivity contribution < 1.29 is 39.9 Å². The van der Waals surface area contributed by atoms with Crippen LogP contribution in [0.15, 0.2) is 36.4 Å². The molecule has 0 amide bonds. The first-order valence-electron chi connectivity index (χ1n) is 11.3. The van der Waals surface area contributed by atoms with Crippen molar-refractivity contribution in [2.45, 2.75) is 69.8 Å². The molecule has 190 valence electrons. The molecule has 0 radical (unpaired) electrons. The van der Waals surface area contributed by atoms with Crippen LogP contribution in [0.4, 0.5) is 35.1 Å². The Balaban J connectivity index is 1.69. The third-order valence-corrected chi connectivity index (χ3v) is 6.10. The monoisotopic (exact) mass is 504 g/mol. The van der Waals surface area contributed by atoms with E-state index < -0.39 is 35.8 Å². The average Bonchev–Trinajstić information content (AvgIpc) is 2.80. The van der Waals surface area contributed by atoms with E-state index in [2.05, 4.69) is 23.5 Å². The molecule has 1 aliphatic rings. The summed E-state index contributed by atoms with van der Waals surface area (Å²) >= 11 is 0. The molecule has 0 heterocycles. The summed E-state index contributed by atoms with van der Waals surface area (Å²) in [6, 6.07) is 8.47. The summed E-state index contributed by atoms with van der Waals surface area (Å²) < 4.78 is 108. The van der Waals surface area contributed by atoms with Gasteiger partial charge in [0.1, 0.15) is 0 Å². The second kappa shape index (κ2) is 10.9. The number of benzene rings is 2. The van der Waals surface area contributed by atoms with E-state index in [0.29, 0.717) is 23.6 Å². The Labute approximate surface area is 198 Å². The normalized spacial score (nSPS) is 19.6. The number of halogens is 8. The van der Waals surface area contributed by atoms with E-state index in [0.717, 1.165) is 18.8 Å². The van der Waals surface area contributed by atoms with Crippen molar-refractivity contribution in [3.63, 3.8) is 0 Å². The van der Waals surface area contributed by atoms with Gasteiger partial charge < -0.3 is 4.74 Å². The number of rotatable bonds is 6. The molecule has 0 aliphatic heterocycles. The molecule has 0 saturated heterocycles. The third-order valence-electron chi connectivity index (χ3n) is 6.10. The van der Waals surface area contributed by atoms with E-state index in [4.69, 9.17) is 0 Å². The van der Waals surface area contributed by atoms with Gasteiger partial charge in [0.15, 0.2) is 17.4 Å². The fraction of sp³-hybridized carbons (Fsp3) is 0.462. The summed E-state index contributed by atoms with van der Waals surface area (Å²) in [5.41, 5.74) is 1.48. The van der Waals surface area contributed by atoms with Crippen LogP contribution in [-0.2, 0) is 0 Å². The summed E-state index contributed by atoms with van der Waals surface area (Å²) in [5.74, 6) is 1.12. The van der Waals surface area contributed by atoms with Crippen LogP contribution >= 0.6 is 0 Å². The second-order valence-electron chi connectivity index (χ2n) is 8.72. The number of hydrogen-bond acceptors (Lipinski definition) is 1. The molecule has 1 aliphatic carbocycles. The molecule has 0 N–H and O–H groups in total.